The molecule has 0 amide bonds. The number of guanidine groups is 1. The fourth-order valence-electron chi connectivity index (χ4n) is 2.48. The van der Waals surface area contributed by atoms with Crippen LogP contribution in [0.5, 0.6) is 0 Å². The summed E-state index contributed by atoms with van der Waals surface area (Å²) in [6.07, 6.45) is 6.68. The Kier molecular flexibility index (Phi) is 5.28. The van der Waals surface area contributed by atoms with Gasteiger partial charge in [0.05, 0.1) is 0 Å². The predicted molar refractivity (Wildman–Crippen MR) is 98.1 cm³/mol. The van der Waals surface area contributed by atoms with E-state index in [1.54, 1.807) is 0 Å². The minimum atomic E-state index is 0.333. The van der Waals surface area contributed by atoms with Crippen molar-refractivity contribution >= 4 is 17.7 Å². The zero-order chi connectivity index (χ0) is 16.0. The van der Waals surface area contributed by atoms with Crippen molar-refractivity contribution in [1.82, 2.24) is 15.2 Å². The van der Waals surface area contributed by atoms with Crippen LogP contribution in [0.4, 0.5) is 0 Å². The summed E-state index contributed by atoms with van der Waals surface area (Å²) in [5.41, 5.74) is 0. The molecule has 1 aromatic heterocycles. The van der Waals surface area contributed by atoms with E-state index in [0.717, 1.165) is 25.6 Å². The molecule has 2 aromatic rings. The van der Waals surface area contributed by atoms with Gasteiger partial charge >= 0.3 is 0 Å². The third-order valence-electron chi connectivity index (χ3n) is 4.02. The van der Waals surface area contributed by atoms with Crippen molar-refractivity contribution < 1.29 is 0 Å². The predicted octanol–water partition coefficient (Wildman–Crippen LogP) is 2.98. The smallest absolute Gasteiger partial charge is 0.191 e. The lowest BCUT2D eigenvalue weighted by Crippen LogP contribution is -2.42. The van der Waals surface area contributed by atoms with E-state index in [2.05, 4.69) is 62.9 Å². The molecular weight excluding hydrogens is 304 g/mol. The Labute approximate surface area is 142 Å². The summed E-state index contributed by atoms with van der Waals surface area (Å²) in [6, 6.07) is 14.7. The van der Waals surface area contributed by atoms with Crippen molar-refractivity contribution in [2.24, 2.45) is 4.99 Å². The van der Waals surface area contributed by atoms with Gasteiger partial charge in [-0.3, -0.25) is 4.99 Å². The van der Waals surface area contributed by atoms with Crippen LogP contribution in [-0.2, 0) is 6.54 Å². The van der Waals surface area contributed by atoms with Crippen molar-refractivity contribution in [3.63, 3.8) is 0 Å². The van der Waals surface area contributed by atoms with Gasteiger partial charge in [0.15, 0.2) is 5.96 Å². The molecule has 23 heavy (non-hydrogen) atoms. The Hall–Kier alpha value is -1.88. The average molecular weight is 328 g/mol. The van der Waals surface area contributed by atoms with Crippen LogP contribution in [0.3, 0.4) is 0 Å². The van der Waals surface area contributed by atoms with E-state index in [1.807, 2.05) is 30.9 Å². The Balaban J connectivity index is 1.43. The first-order valence-corrected chi connectivity index (χ1v) is 8.91. The molecule has 5 heteroatoms. The number of rotatable bonds is 7. The summed E-state index contributed by atoms with van der Waals surface area (Å²) >= 11 is 1.98. The van der Waals surface area contributed by atoms with Crippen LogP contribution in [-0.4, -0.2) is 35.4 Å². The second-order valence-corrected chi connectivity index (χ2v) is 7.41. The number of thioether (sulfide) groups is 1. The van der Waals surface area contributed by atoms with Gasteiger partial charge in [-0.2, -0.15) is 0 Å². The minimum Gasteiger partial charge on any atom is -0.355 e. The minimum absolute atomic E-state index is 0.333. The van der Waals surface area contributed by atoms with Crippen LogP contribution in [0, 0.1) is 0 Å². The second kappa shape index (κ2) is 7.59. The normalized spacial score (nSPS) is 16.1. The number of aliphatic imine (C=N–C) groups is 1. The van der Waals surface area contributed by atoms with Crippen LogP contribution in [0.2, 0.25) is 0 Å². The molecule has 1 aliphatic carbocycles. The summed E-state index contributed by atoms with van der Waals surface area (Å²) < 4.78 is 2.49. The van der Waals surface area contributed by atoms with Crippen LogP contribution >= 0.6 is 11.8 Å². The van der Waals surface area contributed by atoms with Gasteiger partial charge in [0.25, 0.3) is 0 Å². The number of hydrogen-bond donors (Lipinski definition) is 2. The van der Waals surface area contributed by atoms with Crippen molar-refractivity contribution in [3.05, 3.63) is 54.9 Å². The van der Waals surface area contributed by atoms with Gasteiger partial charge in [-0.1, -0.05) is 18.2 Å². The van der Waals surface area contributed by atoms with Gasteiger partial charge in [-0.25, -0.2) is 0 Å². The highest BCUT2D eigenvalue weighted by molar-refractivity contribution is 8.01. The first-order valence-electron chi connectivity index (χ1n) is 8.09. The maximum absolute atomic E-state index is 4.32. The maximum atomic E-state index is 4.32. The van der Waals surface area contributed by atoms with Gasteiger partial charge in [-0.15, -0.1) is 11.8 Å². The molecular formula is C18H24N4S. The zero-order valence-corrected chi connectivity index (χ0v) is 14.4. The lowest BCUT2D eigenvalue weighted by atomic mass is 10.4. The van der Waals surface area contributed by atoms with Crippen molar-refractivity contribution in [2.45, 2.75) is 29.0 Å². The fourth-order valence-corrected chi connectivity index (χ4v) is 3.72. The second-order valence-electron chi connectivity index (χ2n) is 5.87. The molecule has 0 saturated heterocycles. The van der Waals surface area contributed by atoms with E-state index in [1.165, 1.54) is 17.7 Å². The van der Waals surface area contributed by atoms with E-state index in [0.29, 0.717) is 4.75 Å². The molecule has 3 rings (SSSR count). The molecule has 4 nitrogen and oxygen atoms in total. The lowest BCUT2D eigenvalue weighted by Gasteiger charge is -2.18. The standard InChI is InChI=1S/C18H24N4S/c1-19-17(20-11-14-22-12-5-6-13-22)21-15-18(9-10-18)23-16-7-3-2-4-8-16/h2-8,12-13H,9-11,14-15H2,1H3,(H2,19,20,21). The summed E-state index contributed by atoms with van der Waals surface area (Å²) in [5, 5.41) is 6.86. The molecule has 0 spiro atoms. The highest BCUT2D eigenvalue weighted by Gasteiger charge is 2.43. The topological polar surface area (TPSA) is 41.4 Å². The van der Waals surface area contributed by atoms with Crippen molar-refractivity contribution in [3.8, 4) is 0 Å². The molecule has 1 heterocycles. The largest absolute Gasteiger partial charge is 0.355 e. The van der Waals surface area contributed by atoms with Gasteiger partial charge in [0, 0.05) is 48.7 Å². The van der Waals surface area contributed by atoms with Gasteiger partial charge in [-0.05, 0) is 37.1 Å². The number of nitrogens with zero attached hydrogens (tertiary/aromatic N) is 2. The number of benzene rings is 1. The highest BCUT2D eigenvalue weighted by Crippen LogP contribution is 2.51. The average Bonchev–Trinajstić information content (AvgIpc) is 3.14. The third kappa shape index (κ3) is 4.79. The first-order chi connectivity index (χ1) is 11.3. The third-order valence-corrected chi connectivity index (χ3v) is 5.51. The quantitative estimate of drug-likeness (QED) is 0.606. The Morgan fingerprint density at radius 1 is 1.13 bits per heavy atom. The Bertz CT molecular complexity index is 618. The Morgan fingerprint density at radius 3 is 2.52 bits per heavy atom. The molecule has 1 aliphatic rings. The molecule has 0 atom stereocenters. The molecule has 122 valence electrons. The van der Waals surface area contributed by atoms with Crippen LogP contribution < -0.4 is 10.6 Å². The van der Waals surface area contributed by atoms with Gasteiger partial charge in [0.1, 0.15) is 0 Å². The molecule has 1 fully saturated rings. The molecule has 0 radical (unpaired) electrons. The summed E-state index contributed by atoms with van der Waals surface area (Å²) in [6.45, 7) is 2.76. The number of aromatic nitrogens is 1. The van der Waals surface area contributed by atoms with Crippen LogP contribution in [0.15, 0.2) is 64.7 Å². The molecule has 0 bridgehead atoms. The summed E-state index contributed by atoms with van der Waals surface area (Å²) in [7, 11) is 1.83. The molecule has 1 aromatic carbocycles. The lowest BCUT2D eigenvalue weighted by molar-refractivity contribution is 0.662. The molecule has 2 N–H and O–H groups in total. The highest BCUT2D eigenvalue weighted by atomic mass is 32.2. The van der Waals surface area contributed by atoms with E-state index in [9.17, 15) is 0 Å². The van der Waals surface area contributed by atoms with E-state index >= 15 is 0 Å². The number of nitrogens with one attached hydrogen (secondary N) is 2. The van der Waals surface area contributed by atoms with Crippen molar-refractivity contribution in [1.29, 1.82) is 0 Å². The van der Waals surface area contributed by atoms with Gasteiger partial charge in [0.2, 0.25) is 0 Å². The monoisotopic (exact) mass is 328 g/mol. The molecule has 0 unspecified atom stereocenters. The SMILES string of the molecule is CN=C(NCCn1cccc1)NCC1(Sc2ccccc2)CC1. The number of hydrogen-bond acceptors (Lipinski definition) is 2. The van der Waals surface area contributed by atoms with Crippen LogP contribution in [0.1, 0.15) is 12.8 Å². The first kappa shape index (κ1) is 16.0. The van der Waals surface area contributed by atoms with Crippen molar-refractivity contribution in [2.75, 3.05) is 20.1 Å². The summed E-state index contributed by atoms with van der Waals surface area (Å²) in [4.78, 5) is 5.67. The molecule has 1 saturated carbocycles. The zero-order valence-electron chi connectivity index (χ0n) is 13.5. The van der Waals surface area contributed by atoms with E-state index < -0.39 is 0 Å². The fraction of sp³-hybridized carbons (Fsp3) is 0.389. The maximum Gasteiger partial charge on any atom is 0.191 e. The summed E-state index contributed by atoms with van der Waals surface area (Å²) in [5.74, 6) is 0.886. The van der Waals surface area contributed by atoms with E-state index in [4.69, 9.17) is 0 Å². The van der Waals surface area contributed by atoms with Gasteiger partial charge < -0.3 is 15.2 Å². The van der Waals surface area contributed by atoms with Crippen LogP contribution in [0.25, 0.3) is 0 Å². The molecule has 0 aliphatic heterocycles. The Morgan fingerprint density at radius 2 is 1.87 bits per heavy atom. The van der Waals surface area contributed by atoms with E-state index in [-0.39, 0.29) is 0 Å².